The molecule has 1 atom stereocenters. The quantitative estimate of drug-likeness (QED) is 0.872. The molecule has 0 radical (unpaired) electrons. The van der Waals surface area contributed by atoms with Gasteiger partial charge in [-0.2, -0.15) is 18.4 Å². The van der Waals surface area contributed by atoms with Crippen molar-refractivity contribution in [2.24, 2.45) is 5.73 Å². The fraction of sp³-hybridized carbons (Fsp3) is 0.300. The van der Waals surface area contributed by atoms with Crippen molar-refractivity contribution in [1.29, 1.82) is 5.26 Å². The molecular weight excluding hydrogens is 273 g/mol. The Hall–Kier alpha value is -1.65. The Kier molecular flexibility index (Phi) is 5.27. The summed E-state index contributed by atoms with van der Waals surface area (Å²) in [5.74, 6) is -0.935. The van der Waals surface area contributed by atoms with Gasteiger partial charge in [-0.3, -0.25) is 0 Å². The highest BCUT2D eigenvalue weighted by Gasteiger charge is 2.40. The highest BCUT2D eigenvalue weighted by atomic mass is 35.5. The van der Waals surface area contributed by atoms with Gasteiger partial charge in [0.15, 0.2) is 11.5 Å². The first kappa shape index (κ1) is 16.4. The molecule has 100 valence electrons. The van der Waals surface area contributed by atoms with Crippen LogP contribution in [0.2, 0.25) is 0 Å². The third-order valence-corrected chi connectivity index (χ3v) is 2.14. The van der Waals surface area contributed by atoms with Crippen LogP contribution in [0.5, 0.6) is 11.5 Å². The van der Waals surface area contributed by atoms with Crippen LogP contribution >= 0.6 is 12.4 Å². The van der Waals surface area contributed by atoms with E-state index in [9.17, 15) is 18.3 Å². The normalized spacial score (nSPS) is 12.2. The van der Waals surface area contributed by atoms with Gasteiger partial charge in [-0.25, -0.2) is 0 Å². The molecule has 8 heteroatoms. The Balaban J connectivity index is 0.00000289. The molecular formula is C10H10ClF3N2O2. The van der Waals surface area contributed by atoms with Crippen LogP contribution in [-0.2, 0) is 0 Å². The molecule has 0 heterocycles. The van der Waals surface area contributed by atoms with Crippen LogP contribution in [0.25, 0.3) is 0 Å². The molecule has 0 amide bonds. The summed E-state index contributed by atoms with van der Waals surface area (Å²) in [6.45, 7) is 0. The zero-order valence-electron chi connectivity index (χ0n) is 9.15. The van der Waals surface area contributed by atoms with Crippen molar-refractivity contribution in [3.05, 3.63) is 23.3 Å². The minimum atomic E-state index is -4.71. The number of methoxy groups -OCH3 is 1. The molecule has 0 fully saturated rings. The number of halogens is 4. The lowest BCUT2D eigenvalue weighted by atomic mass is 10.0. The topological polar surface area (TPSA) is 79.3 Å². The Morgan fingerprint density at radius 1 is 1.44 bits per heavy atom. The minimum absolute atomic E-state index is 0. The number of nitrogens with zero attached hydrogens (tertiary/aromatic N) is 1. The summed E-state index contributed by atoms with van der Waals surface area (Å²) >= 11 is 0. The van der Waals surface area contributed by atoms with E-state index in [0.29, 0.717) is 0 Å². The van der Waals surface area contributed by atoms with Gasteiger partial charge >= 0.3 is 6.18 Å². The highest BCUT2D eigenvalue weighted by molar-refractivity contribution is 5.85. The lowest BCUT2D eigenvalue weighted by molar-refractivity contribution is -0.149. The third-order valence-electron chi connectivity index (χ3n) is 2.14. The lowest BCUT2D eigenvalue weighted by Gasteiger charge is -2.18. The first-order valence-electron chi connectivity index (χ1n) is 4.44. The molecule has 0 saturated carbocycles. The van der Waals surface area contributed by atoms with E-state index in [1.165, 1.54) is 7.11 Å². The van der Waals surface area contributed by atoms with E-state index in [-0.39, 0.29) is 23.7 Å². The minimum Gasteiger partial charge on any atom is -0.504 e. The van der Waals surface area contributed by atoms with Gasteiger partial charge in [0.1, 0.15) is 6.04 Å². The monoisotopic (exact) mass is 282 g/mol. The molecule has 0 unspecified atom stereocenters. The van der Waals surface area contributed by atoms with Crippen molar-refractivity contribution in [3.8, 4) is 17.6 Å². The van der Waals surface area contributed by atoms with Crippen molar-refractivity contribution in [3.63, 3.8) is 0 Å². The molecule has 0 aliphatic rings. The summed E-state index contributed by atoms with van der Waals surface area (Å²) < 4.78 is 41.9. The second kappa shape index (κ2) is 5.80. The second-order valence-electron chi connectivity index (χ2n) is 3.25. The van der Waals surface area contributed by atoms with Gasteiger partial charge in [-0.1, -0.05) is 0 Å². The standard InChI is InChI=1S/C10H9F3N2O2.ClH/c1-17-7-3-5(4-14)2-6(8(7)16)9(15)10(11,12)13;/h2-3,9,16H,15H2,1H3;1H/t9-;/m1./s1. The molecule has 1 aromatic rings. The van der Waals surface area contributed by atoms with E-state index in [1.807, 2.05) is 0 Å². The van der Waals surface area contributed by atoms with Crippen molar-refractivity contribution >= 4 is 12.4 Å². The number of hydrogen-bond acceptors (Lipinski definition) is 4. The van der Waals surface area contributed by atoms with Crippen molar-refractivity contribution in [1.82, 2.24) is 0 Å². The molecule has 0 spiro atoms. The summed E-state index contributed by atoms with van der Waals surface area (Å²) in [6.07, 6.45) is -4.71. The molecule has 0 aliphatic carbocycles. The van der Waals surface area contributed by atoms with Gasteiger partial charge in [-0.05, 0) is 6.07 Å². The Morgan fingerprint density at radius 2 is 2.00 bits per heavy atom. The van der Waals surface area contributed by atoms with Gasteiger partial charge in [0.05, 0.1) is 18.7 Å². The number of benzene rings is 1. The van der Waals surface area contributed by atoms with Gasteiger partial charge in [0.2, 0.25) is 0 Å². The first-order chi connectivity index (χ1) is 7.81. The number of nitrogens with two attached hydrogens (primary N) is 1. The van der Waals surface area contributed by atoms with Crippen LogP contribution in [-0.4, -0.2) is 18.4 Å². The van der Waals surface area contributed by atoms with Crippen LogP contribution in [0.4, 0.5) is 13.2 Å². The fourth-order valence-electron chi connectivity index (χ4n) is 1.26. The van der Waals surface area contributed by atoms with Crippen molar-refractivity contribution in [2.45, 2.75) is 12.2 Å². The number of phenolic OH excluding ortho intramolecular Hbond substituents is 1. The molecule has 0 aromatic heterocycles. The van der Waals surface area contributed by atoms with Crippen LogP contribution < -0.4 is 10.5 Å². The fourth-order valence-corrected chi connectivity index (χ4v) is 1.26. The van der Waals surface area contributed by atoms with Crippen LogP contribution in [0.1, 0.15) is 17.2 Å². The predicted molar refractivity (Wildman–Crippen MR) is 59.6 cm³/mol. The lowest BCUT2D eigenvalue weighted by Crippen LogP contribution is -2.28. The average Bonchev–Trinajstić information content (AvgIpc) is 2.27. The van der Waals surface area contributed by atoms with Gasteiger partial charge in [-0.15, -0.1) is 12.4 Å². The maximum Gasteiger partial charge on any atom is 0.407 e. The number of alkyl halides is 3. The number of nitriles is 1. The third kappa shape index (κ3) is 3.18. The van der Waals surface area contributed by atoms with Gasteiger partial charge < -0.3 is 15.6 Å². The number of ether oxygens (including phenoxy) is 1. The molecule has 3 N–H and O–H groups in total. The SMILES string of the molecule is COc1cc(C#N)cc([C@@H](N)C(F)(F)F)c1O.Cl. The molecule has 0 saturated heterocycles. The number of rotatable bonds is 2. The van der Waals surface area contributed by atoms with Crippen molar-refractivity contribution < 1.29 is 23.0 Å². The maximum absolute atomic E-state index is 12.4. The summed E-state index contributed by atoms with van der Waals surface area (Å²) in [4.78, 5) is 0. The van der Waals surface area contributed by atoms with E-state index in [1.54, 1.807) is 6.07 Å². The molecule has 0 bridgehead atoms. The van der Waals surface area contributed by atoms with E-state index in [0.717, 1.165) is 12.1 Å². The van der Waals surface area contributed by atoms with Crippen LogP contribution in [0, 0.1) is 11.3 Å². The summed E-state index contributed by atoms with van der Waals surface area (Å²) in [6, 6.07) is 1.30. The zero-order valence-corrected chi connectivity index (χ0v) is 9.97. The predicted octanol–water partition coefficient (Wildman–Crippen LogP) is 2.26. The number of phenols is 1. The number of aromatic hydroxyl groups is 1. The van der Waals surface area contributed by atoms with Gasteiger partial charge in [0, 0.05) is 11.6 Å². The van der Waals surface area contributed by atoms with E-state index < -0.39 is 23.5 Å². The van der Waals surface area contributed by atoms with E-state index >= 15 is 0 Å². The second-order valence-corrected chi connectivity index (χ2v) is 3.25. The van der Waals surface area contributed by atoms with E-state index in [4.69, 9.17) is 11.0 Å². The summed E-state index contributed by atoms with van der Waals surface area (Å²) in [5, 5.41) is 18.2. The Morgan fingerprint density at radius 3 is 2.39 bits per heavy atom. The summed E-state index contributed by atoms with van der Waals surface area (Å²) in [7, 11) is 1.17. The maximum atomic E-state index is 12.4. The largest absolute Gasteiger partial charge is 0.504 e. The Labute approximate surface area is 107 Å². The first-order valence-corrected chi connectivity index (χ1v) is 4.44. The molecule has 4 nitrogen and oxygen atoms in total. The summed E-state index contributed by atoms with van der Waals surface area (Å²) in [5.41, 5.74) is 4.31. The molecule has 18 heavy (non-hydrogen) atoms. The zero-order chi connectivity index (χ0) is 13.2. The van der Waals surface area contributed by atoms with Crippen molar-refractivity contribution in [2.75, 3.05) is 7.11 Å². The van der Waals surface area contributed by atoms with Crippen LogP contribution in [0.3, 0.4) is 0 Å². The molecule has 0 aliphatic heterocycles. The highest BCUT2D eigenvalue weighted by Crippen LogP contribution is 2.40. The smallest absolute Gasteiger partial charge is 0.407 e. The average molecular weight is 283 g/mol. The van der Waals surface area contributed by atoms with Crippen LogP contribution in [0.15, 0.2) is 12.1 Å². The number of hydrogen-bond donors (Lipinski definition) is 2. The molecule has 1 aromatic carbocycles. The Bertz CT molecular complexity index is 471. The molecule has 1 rings (SSSR count). The van der Waals surface area contributed by atoms with E-state index in [2.05, 4.69) is 4.74 Å². The van der Waals surface area contributed by atoms with Gasteiger partial charge in [0.25, 0.3) is 0 Å².